The molecule has 0 aliphatic heterocycles. The molecule has 0 unspecified atom stereocenters. The number of nitrogens with zero attached hydrogens (tertiary/aromatic N) is 5. The summed E-state index contributed by atoms with van der Waals surface area (Å²) in [6, 6.07) is 9.22. The third kappa shape index (κ3) is 3.86. The Labute approximate surface area is 155 Å². The Morgan fingerprint density at radius 1 is 1.19 bits per heavy atom. The van der Waals surface area contributed by atoms with Crippen LogP contribution in [0, 0.1) is 24.0 Å². The molecule has 0 saturated heterocycles. The average Bonchev–Trinajstić information content (AvgIpc) is 3.20. The van der Waals surface area contributed by atoms with Gasteiger partial charge in [0.1, 0.15) is 18.1 Å². The molecule has 140 valence electrons. The van der Waals surface area contributed by atoms with Crippen molar-refractivity contribution in [3.8, 4) is 0 Å². The first kappa shape index (κ1) is 18.3. The molecule has 1 aromatic carbocycles. The van der Waals surface area contributed by atoms with E-state index in [1.807, 2.05) is 24.3 Å². The molecule has 1 N–H and O–H groups in total. The van der Waals surface area contributed by atoms with Crippen LogP contribution in [0.3, 0.4) is 0 Å². The van der Waals surface area contributed by atoms with Crippen LogP contribution >= 0.6 is 0 Å². The predicted molar refractivity (Wildman–Crippen MR) is 99.8 cm³/mol. The fourth-order valence-corrected chi connectivity index (χ4v) is 2.81. The maximum atomic E-state index is 12.4. The fraction of sp³-hybridized carbons (Fsp3) is 0.278. The van der Waals surface area contributed by atoms with Crippen LogP contribution in [0.15, 0.2) is 36.5 Å². The molecule has 1 amide bonds. The van der Waals surface area contributed by atoms with E-state index in [9.17, 15) is 14.9 Å². The molecular formula is C18H20N6O3. The Morgan fingerprint density at radius 2 is 1.89 bits per heavy atom. The summed E-state index contributed by atoms with van der Waals surface area (Å²) in [5, 5.41) is 22.3. The minimum atomic E-state index is -0.444. The van der Waals surface area contributed by atoms with Crippen molar-refractivity contribution in [3.63, 3.8) is 0 Å². The smallest absolute Gasteiger partial charge is 0.312 e. The van der Waals surface area contributed by atoms with Crippen molar-refractivity contribution < 1.29 is 9.72 Å². The number of hydrogen-bond acceptors (Lipinski definition) is 5. The quantitative estimate of drug-likeness (QED) is 0.532. The van der Waals surface area contributed by atoms with Gasteiger partial charge in [0.2, 0.25) is 0 Å². The topological polar surface area (TPSA) is 108 Å². The van der Waals surface area contributed by atoms with E-state index < -0.39 is 4.92 Å². The zero-order chi connectivity index (χ0) is 19.6. The molecule has 0 radical (unpaired) electrons. The van der Waals surface area contributed by atoms with Gasteiger partial charge in [-0.25, -0.2) is 4.68 Å². The number of nitrogens with one attached hydrogen (secondary N) is 1. The number of carbonyl (C=O) groups excluding carboxylic acids is 1. The van der Waals surface area contributed by atoms with Gasteiger partial charge in [-0.05, 0) is 44.0 Å². The number of amides is 1. The van der Waals surface area contributed by atoms with Crippen molar-refractivity contribution in [2.24, 2.45) is 0 Å². The normalized spacial score (nSPS) is 10.8. The van der Waals surface area contributed by atoms with E-state index in [2.05, 4.69) is 22.4 Å². The Bertz CT molecular complexity index is 987. The van der Waals surface area contributed by atoms with Gasteiger partial charge in [-0.15, -0.1) is 0 Å². The van der Waals surface area contributed by atoms with Gasteiger partial charge in [-0.2, -0.15) is 10.2 Å². The molecule has 0 fully saturated rings. The van der Waals surface area contributed by atoms with Crippen molar-refractivity contribution in [1.29, 1.82) is 0 Å². The molecule has 0 aliphatic carbocycles. The molecule has 3 aromatic rings. The summed E-state index contributed by atoms with van der Waals surface area (Å²) < 4.78 is 3.00. The van der Waals surface area contributed by atoms with Crippen LogP contribution in [0.25, 0.3) is 0 Å². The van der Waals surface area contributed by atoms with E-state index >= 15 is 0 Å². The highest BCUT2D eigenvalue weighted by Gasteiger charge is 2.22. The highest BCUT2D eigenvalue weighted by atomic mass is 16.6. The van der Waals surface area contributed by atoms with Crippen LogP contribution in [0.5, 0.6) is 0 Å². The van der Waals surface area contributed by atoms with Crippen LogP contribution in [0.1, 0.15) is 34.4 Å². The lowest BCUT2D eigenvalue weighted by Gasteiger charge is -2.05. The number of benzene rings is 1. The first-order valence-electron chi connectivity index (χ1n) is 8.51. The highest BCUT2D eigenvalue weighted by molar-refractivity contribution is 6.02. The summed E-state index contributed by atoms with van der Waals surface area (Å²) in [6.07, 6.45) is 2.57. The number of aromatic nitrogens is 4. The van der Waals surface area contributed by atoms with Gasteiger partial charge in [-0.1, -0.05) is 19.1 Å². The van der Waals surface area contributed by atoms with Gasteiger partial charge < -0.3 is 5.32 Å². The summed E-state index contributed by atoms with van der Waals surface area (Å²) in [6.45, 7) is 5.47. The second-order valence-corrected chi connectivity index (χ2v) is 6.16. The van der Waals surface area contributed by atoms with Crippen molar-refractivity contribution in [2.45, 2.75) is 33.9 Å². The summed E-state index contributed by atoms with van der Waals surface area (Å²) in [5.74, 6) is -0.322. The molecule has 0 aliphatic rings. The van der Waals surface area contributed by atoms with E-state index in [4.69, 9.17) is 0 Å². The van der Waals surface area contributed by atoms with Crippen LogP contribution in [-0.4, -0.2) is 30.4 Å². The standard InChI is InChI=1S/C18H20N6O3/c1-4-14-5-7-15(8-6-14)19-18(25)16-9-10-22(21-16)11-23-13(3)17(24(26)27)12(2)20-23/h5-10H,4,11H2,1-3H3,(H,19,25). The summed E-state index contributed by atoms with van der Waals surface area (Å²) in [5.41, 5.74) is 2.92. The Balaban J connectivity index is 1.72. The van der Waals surface area contributed by atoms with Gasteiger partial charge in [0.15, 0.2) is 5.69 Å². The second kappa shape index (κ2) is 7.40. The zero-order valence-electron chi connectivity index (χ0n) is 15.3. The molecular weight excluding hydrogens is 348 g/mol. The maximum Gasteiger partial charge on any atom is 0.312 e. The van der Waals surface area contributed by atoms with E-state index in [1.54, 1.807) is 26.1 Å². The van der Waals surface area contributed by atoms with Crippen molar-refractivity contribution >= 4 is 17.3 Å². The molecule has 27 heavy (non-hydrogen) atoms. The second-order valence-electron chi connectivity index (χ2n) is 6.16. The number of carbonyl (C=O) groups is 1. The van der Waals surface area contributed by atoms with Crippen molar-refractivity contribution in [1.82, 2.24) is 19.6 Å². The van der Waals surface area contributed by atoms with Gasteiger partial charge in [0, 0.05) is 11.9 Å². The largest absolute Gasteiger partial charge is 0.321 e. The molecule has 0 bridgehead atoms. The molecule has 0 saturated carbocycles. The lowest BCUT2D eigenvalue weighted by molar-refractivity contribution is -0.386. The summed E-state index contributed by atoms with van der Waals surface area (Å²) in [7, 11) is 0. The SMILES string of the molecule is CCc1ccc(NC(=O)c2ccn(Cn3nc(C)c([N+](=O)[O-])c3C)n2)cc1. The first-order chi connectivity index (χ1) is 12.9. The molecule has 0 atom stereocenters. The third-order valence-electron chi connectivity index (χ3n) is 4.30. The number of rotatable bonds is 6. The van der Waals surface area contributed by atoms with Gasteiger partial charge in [0.05, 0.1) is 4.92 Å². The molecule has 2 aromatic heterocycles. The average molecular weight is 368 g/mol. The first-order valence-corrected chi connectivity index (χ1v) is 8.51. The molecule has 0 spiro atoms. The fourth-order valence-electron chi connectivity index (χ4n) is 2.81. The van der Waals surface area contributed by atoms with Crippen LogP contribution in [0.2, 0.25) is 0 Å². The number of anilines is 1. The third-order valence-corrected chi connectivity index (χ3v) is 4.30. The molecule has 2 heterocycles. The summed E-state index contributed by atoms with van der Waals surface area (Å²) >= 11 is 0. The van der Waals surface area contributed by atoms with Crippen molar-refractivity contribution in [3.05, 3.63) is 69.3 Å². The predicted octanol–water partition coefficient (Wildman–Crippen LogP) is 2.93. The molecule has 9 heteroatoms. The minimum Gasteiger partial charge on any atom is -0.321 e. The lowest BCUT2D eigenvalue weighted by Crippen LogP contribution is -2.15. The summed E-state index contributed by atoms with van der Waals surface area (Å²) in [4.78, 5) is 23.0. The molecule has 3 rings (SSSR count). The Kier molecular flexibility index (Phi) is 5.02. The number of aryl methyl sites for hydroxylation is 2. The Morgan fingerprint density at radius 3 is 2.48 bits per heavy atom. The van der Waals surface area contributed by atoms with E-state index in [-0.39, 0.29) is 24.0 Å². The number of nitro groups is 1. The number of hydrogen-bond donors (Lipinski definition) is 1. The van der Waals surface area contributed by atoms with Gasteiger partial charge in [-0.3, -0.25) is 19.6 Å². The zero-order valence-corrected chi connectivity index (χ0v) is 15.3. The van der Waals surface area contributed by atoms with E-state index in [1.165, 1.54) is 14.9 Å². The monoisotopic (exact) mass is 368 g/mol. The van der Waals surface area contributed by atoms with Crippen LogP contribution in [-0.2, 0) is 13.1 Å². The maximum absolute atomic E-state index is 12.4. The van der Waals surface area contributed by atoms with Crippen LogP contribution in [0.4, 0.5) is 11.4 Å². The van der Waals surface area contributed by atoms with Gasteiger partial charge >= 0.3 is 5.69 Å². The Hall–Kier alpha value is -3.49. The lowest BCUT2D eigenvalue weighted by atomic mass is 10.1. The van der Waals surface area contributed by atoms with E-state index in [0.29, 0.717) is 17.1 Å². The minimum absolute atomic E-state index is 0.00403. The highest BCUT2D eigenvalue weighted by Crippen LogP contribution is 2.21. The van der Waals surface area contributed by atoms with E-state index in [0.717, 1.165) is 6.42 Å². The van der Waals surface area contributed by atoms with Crippen LogP contribution < -0.4 is 5.32 Å². The van der Waals surface area contributed by atoms with Crippen molar-refractivity contribution in [2.75, 3.05) is 5.32 Å². The van der Waals surface area contributed by atoms with Gasteiger partial charge in [0.25, 0.3) is 5.91 Å². The molecule has 9 nitrogen and oxygen atoms in total.